The monoisotopic (exact) mass is 295 g/mol. The van der Waals surface area contributed by atoms with E-state index in [1.54, 1.807) is 0 Å². The van der Waals surface area contributed by atoms with E-state index < -0.39 is 0 Å². The molecule has 0 heterocycles. The van der Waals surface area contributed by atoms with Crippen LogP contribution in [0.4, 0.5) is 0 Å². The molecule has 19 heavy (non-hydrogen) atoms. The lowest BCUT2D eigenvalue weighted by Gasteiger charge is -2.13. The highest BCUT2D eigenvalue weighted by atomic mass is 35.5. The molecular formula is C15H15Cl2NO. The smallest absolute Gasteiger partial charge is 0.141 e. The Balaban J connectivity index is 2.14. The first kappa shape index (κ1) is 14.2. The van der Waals surface area contributed by atoms with Crippen LogP contribution in [0.1, 0.15) is 11.1 Å². The third-order valence-corrected chi connectivity index (χ3v) is 3.27. The topological polar surface area (TPSA) is 35.2 Å². The predicted molar refractivity (Wildman–Crippen MR) is 80.0 cm³/mol. The Morgan fingerprint density at radius 3 is 2.58 bits per heavy atom. The van der Waals surface area contributed by atoms with Crippen molar-refractivity contribution < 1.29 is 4.74 Å². The van der Waals surface area contributed by atoms with Crippen LogP contribution in [0.25, 0.3) is 0 Å². The van der Waals surface area contributed by atoms with Crippen molar-refractivity contribution >= 4 is 23.2 Å². The zero-order chi connectivity index (χ0) is 13.7. The summed E-state index contributed by atoms with van der Waals surface area (Å²) in [5.41, 5.74) is 7.62. The number of nitrogens with two attached hydrogens (primary N) is 1. The molecule has 0 aliphatic rings. The first-order valence-electron chi connectivity index (χ1n) is 6.05. The van der Waals surface area contributed by atoms with Crippen molar-refractivity contribution in [2.75, 3.05) is 6.54 Å². The molecule has 2 aromatic rings. The van der Waals surface area contributed by atoms with Crippen molar-refractivity contribution in [3.8, 4) is 5.75 Å². The first-order chi connectivity index (χ1) is 9.20. The second-order valence-corrected chi connectivity index (χ2v) is 5.03. The van der Waals surface area contributed by atoms with E-state index in [2.05, 4.69) is 0 Å². The fraction of sp³-hybridized carbons (Fsp3) is 0.200. The van der Waals surface area contributed by atoms with Gasteiger partial charge in [0, 0.05) is 5.02 Å². The van der Waals surface area contributed by atoms with Crippen LogP contribution in [0.3, 0.4) is 0 Å². The normalized spacial score (nSPS) is 10.5. The maximum atomic E-state index is 6.17. The van der Waals surface area contributed by atoms with Gasteiger partial charge in [-0.15, -0.1) is 0 Å². The Morgan fingerprint density at radius 2 is 1.84 bits per heavy atom. The van der Waals surface area contributed by atoms with Crippen molar-refractivity contribution in [2.45, 2.75) is 13.0 Å². The quantitative estimate of drug-likeness (QED) is 0.902. The number of hydrogen-bond donors (Lipinski definition) is 1. The van der Waals surface area contributed by atoms with Crippen molar-refractivity contribution in [3.63, 3.8) is 0 Å². The fourth-order valence-electron chi connectivity index (χ4n) is 1.85. The molecule has 0 radical (unpaired) electrons. The lowest BCUT2D eigenvalue weighted by molar-refractivity contribution is 0.303. The van der Waals surface area contributed by atoms with Gasteiger partial charge in [0.15, 0.2) is 0 Å². The number of ether oxygens (including phenoxy) is 1. The number of halogens is 2. The van der Waals surface area contributed by atoms with Gasteiger partial charge in [0.2, 0.25) is 0 Å². The number of para-hydroxylation sites is 1. The number of rotatable bonds is 5. The van der Waals surface area contributed by atoms with Gasteiger partial charge < -0.3 is 10.5 Å². The van der Waals surface area contributed by atoms with E-state index in [1.165, 1.54) is 0 Å². The number of benzene rings is 2. The minimum atomic E-state index is 0.432. The molecular weight excluding hydrogens is 281 g/mol. The molecule has 0 atom stereocenters. The molecule has 0 spiro atoms. The van der Waals surface area contributed by atoms with Gasteiger partial charge in [-0.05, 0) is 42.3 Å². The molecule has 0 saturated heterocycles. The van der Waals surface area contributed by atoms with Gasteiger partial charge in [0.25, 0.3) is 0 Å². The summed E-state index contributed by atoms with van der Waals surface area (Å²) in [6.07, 6.45) is 0.742. The summed E-state index contributed by atoms with van der Waals surface area (Å²) >= 11 is 12.1. The molecule has 0 aliphatic heterocycles. The van der Waals surface area contributed by atoms with Gasteiger partial charge in [0.1, 0.15) is 12.4 Å². The number of hydrogen-bond acceptors (Lipinski definition) is 2. The van der Waals surface area contributed by atoms with Crippen molar-refractivity contribution in [2.24, 2.45) is 5.73 Å². The average molecular weight is 296 g/mol. The van der Waals surface area contributed by atoms with E-state index in [1.807, 2.05) is 42.5 Å². The molecule has 2 aromatic carbocycles. The van der Waals surface area contributed by atoms with Crippen LogP contribution in [0, 0.1) is 0 Å². The highest BCUT2D eigenvalue weighted by Gasteiger charge is 2.08. The Bertz CT molecular complexity index is 558. The zero-order valence-electron chi connectivity index (χ0n) is 10.4. The Morgan fingerprint density at radius 1 is 1.05 bits per heavy atom. The Kier molecular flexibility index (Phi) is 5.08. The van der Waals surface area contributed by atoms with Gasteiger partial charge in [-0.1, -0.05) is 47.5 Å². The van der Waals surface area contributed by atoms with E-state index in [9.17, 15) is 0 Å². The molecule has 0 bridgehead atoms. The summed E-state index contributed by atoms with van der Waals surface area (Å²) in [7, 11) is 0. The summed E-state index contributed by atoms with van der Waals surface area (Å²) in [5, 5.41) is 1.30. The van der Waals surface area contributed by atoms with E-state index in [-0.39, 0.29) is 0 Å². The lowest BCUT2D eigenvalue weighted by atomic mass is 10.1. The maximum absolute atomic E-state index is 6.17. The molecule has 2 nitrogen and oxygen atoms in total. The van der Waals surface area contributed by atoms with Crippen molar-refractivity contribution in [1.29, 1.82) is 0 Å². The standard InChI is InChI=1S/C15H15Cl2NO/c16-13-5-1-3-11(9-13)10-19-15-12(7-8-18)4-2-6-14(15)17/h1-6,9H,7-8,10,18H2. The van der Waals surface area contributed by atoms with Crippen molar-refractivity contribution in [3.05, 3.63) is 63.6 Å². The molecule has 0 unspecified atom stereocenters. The second kappa shape index (κ2) is 6.80. The van der Waals surface area contributed by atoms with Gasteiger partial charge in [-0.25, -0.2) is 0 Å². The summed E-state index contributed by atoms with van der Waals surface area (Å²) in [6.45, 7) is 0.996. The van der Waals surface area contributed by atoms with Crippen LogP contribution in [0.15, 0.2) is 42.5 Å². The van der Waals surface area contributed by atoms with Gasteiger partial charge >= 0.3 is 0 Å². The van der Waals surface area contributed by atoms with E-state index in [4.69, 9.17) is 33.7 Å². The van der Waals surface area contributed by atoms with Crippen molar-refractivity contribution in [1.82, 2.24) is 0 Å². The Labute approximate surface area is 123 Å². The zero-order valence-corrected chi connectivity index (χ0v) is 11.9. The van der Waals surface area contributed by atoms with Crippen LogP contribution in [-0.4, -0.2) is 6.54 Å². The molecule has 0 aliphatic carbocycles. The third-order valence-electron chi connectivity index (χ3n) is 2.73. The van der Waals surface area contributed by atoms with E-state index in [0.29, 0.717) is 28.9 Å². The first-order valence-corrected chi connectivity index (χ1v) is 6.81. The summed E-state index contributed by atoms with van der Waals surface area (Å²) in [5.74, 6) is 0.703. The molecule has 4 heteroatoms. The second-order valence-electron chi connectivity index (χ2n) is 4.19. The van der Waals surface area contributed by atoms with Crippen LogP contribution < -0.4 is 10.5 Å². The largest absolute Gasteiger partial charge is 0.487 e. The van der Waals surface area contributed by atoms with Crippen LogP contribution in [0.2, 0.25) is 10.0 Å². The molecule has 0 amide bonds. The predicted octanol–water partition coefficient (Wildman–Crippen LogP) is 4.07. The maximum Gasteiger partial charge on any atom is 0.141 e. The molecule has 0 aromatic heterocycles. The SMILES string of the molecule is NCCc1cccc(Cl)c1OCc1cccc(Cl)c1. The molecule has 100 valence electrons. The summed E-state index contributed by atoms with van der Waals surface area (Å²) in [6, 6.07) is 13.3. The highest BCUT2D eigenvalue weighted by Crippen LogP contribution is 2.29. The molecule has 2 N–H and O–H groups in total. The molecule has 2 rings (SSSR count). The van der Waals surface area contributed by atoms with E-state index in [0.717, 1.165) is 17.5 Å². The molecule has 0 fully saturated rings. The minimum absolute atomic E-state index is 0.432. The summed E-state index contributed by atoms with van der Waals surface area (Å²) < 4.78 is 5.82. The van der Waals surface area contributed by atoms with Gasteiger partial charge in [-0.3, -0.25) is 0 Å². The molecule has 0 saturated carbocycles. The van der Waals surface area contributed by atoms with Crippen LogP contribution in [-0.2, 0) is 13.0 Å². The highest BCUT2D eigenvalue weighted by molar-refractivity contribution is 6.32. The van der Waals surface area contributed by atoms with Crippen LogP contribution >= 0.6 is 23.2 Å². The summed E-state index contributed by atoms with van der Waals surface area (Å²) in [4.78, 5) is 0. The minimum Gasteiger partial charge on any atom is -0.487 e. The average Bonchev–Trinajstić information content (AvgIpc) is 2.38. The van der Waals surface area contributed by atoms with Gasteiger partial charge in [0.05, 0.1) is 5.02 Å². The Hall–Kier alpha value is -1.22. The lowest BCUT2D eigenvalue weighted by Crippen LogP contribution is -2.05. The van der Waals surface area contributed by atoms with Gasteiger partial charge in [-0.2, -0.15) is 0 Å². The van der Waals surface area contributed by atoms with E-state index >= 15 is 0 Å². The fourth-order valence-corrected chi connectivity index (χ4v) is 2.31. The van der Waals surface area contributed by atoms with Crippen LogP contribution in [0.5, 0.6) is 5.75 Å². The third kappa shape index (κ3) is 3.87.